The summed E-state index contributed by atoms with van der Waals surface area (Å²) in [5, 5.41) is 11.8. The van der Waals surface area contributed by atoms with E-state index in [0.717, 1.165) is 5.69 Å². The molecule has 0 radical (unpaired) electrons. The molecule has 0 bridgehead atoms. The van der Waals surface area contributed by atoms with E-state index < -0.39 is 12.0 Å². The number of aliphatic carboxylic acids is 1. The number of nitrogens with one attached hydrogen (secondary N) is 1. The standard InChI is InChI=1S/C12H19N3O3/c1-5-9(11(16)17)14-12-13-8(4)6-10(15-12)18-7(2)3/h6-7,9H,5H2,1-4H3,(H,16,17)(H,13,14,15). The Hall–Kier alpha value is -1.85. The minimum Gasteiger partial charge on any atom is -0.480 e. The van der Waals surface area contributed by atoms with Crippen molar-refractivity contribution in [2.24, 2.45) is 0 Å². The highest BCUT2D eigenvalue weighted by atomic mass is 16.5. The molecule has 0 spiro atoms. The van der Waals surface area contributed by atoms with Crippen molar-refractivity contribution < 1.29 is 14.6 Å². The molecule has 1 atom stereocenters. The summed E-state index contributed by atoms with van der Waals surface area (Å²) in [5.74, 6) is -0.200. The first-order chi connectivity index (χ1) is 8.42. The summed E-state index contributed by atoms with van der Waals surface area (Å²) in [6.45, 7) is 7.39. The lowest BCUT2D eigenvalue weighted by Crippen LogP contribution is -2.29. The molecular formula is C12H19N3O3. The fourth-order valence-electron chi connectivity index (χ4n) is 1.40. The van der Waals surface area contributed by atoms with E-state index in [4.69, 9.17) is 9.84 Å². The normalized spacial score (nSPS) is 12.3. The third-order valence-electron chi connectivity index (χ3n) is 2.20. The molecule has 0 fully saturated rings. The van der Waals surface area contributed by atoms with Crippen molar-refractivity contribution in [1.82, 2.24) is 9.97 Å². The molecule has 0 aliphatic rings. The van der Waals surface area contributed by atoms with Crippen LogP contribution in [0.25, 0.3) is 0 Å². The van der Waals surface area contributed by atoms with Crippen LogP contribution in [0.3, 0.4) is 0 Å². The lowest BCUT2D eigenvalue weighted by molar-refractivity contribution is -0.138. The zero-order valence-electron chi connectivity index (χ0n) is 11.1. The Morgan fingerprint density at radius 2 is 2.17 bits per heavy atom. The van der Waals surface area contributed by atoms with Crippen LogP contribution >= 0.6 is 0 Å². The van der Waals surface area contributed by atoms with Crippen molar-refractivity contribution in [1.29, 1.82) is 0 Å². The molecule has 0 amide bonds. The molecule has 0 saturated heterocycles. The predicted molar refractivity (Wildman–Crippen MR) is 67.9 cm³/mol. The zero-order valence-corrected chi connectivity index (χ0v) is 11.1. The van der Waals surface area contributed by atoms with Crippen molar-refractivity contribution in [3.05, 3.63) is 11.8 Å². The molecule has 1 heterocycles. The Labute approximate surface area is 106 Å². The Balaban J connectivity index is 2.88. The number of aromatic nitrogens is 2. The first-order valence-corrected chi connectivity index (χ1v) is 5.94. The smallest absolute Gasteiger partial charge is 0.326 e. The molecule has 1 unspecified atom stereocenters. The summed E-state index contributed by atoms with van der Waals surface area (Å²) in [4.78, 5) is 19.2. The molecule has 1 aromatic rings. The Bertz CT molecular complexity index is 421. The van der Waals surface area contributed by atoms with Crippen molar-refractivity contribution in [3.63, 3.8) is 0 Å². The predicted octanol–water partition coefficient (Wildman–Crippen LogP) is 1.85. The van der Waals surface area contributed by atoms with Gasteiger partial charge >= 0.3 is 5.97 Å². The lowest BCUT2D eigenvalue weighted by Gasteiger charge is -2.14. The second-order valence-electron chi connectivity index (χ2n) is 4.28. The molecule has 0 aliphatic carbocycles. The largest absolute Gasteiger partial charge is 0.480 e. The second-order valence-corrected chi connectivity index (χ2v) is 4.28. The molecule has 6 heteroatoms. The van der Waals surface area contributed by atoms with Gasteiger partial charge in [0.2, 0.25) is 11.8 Å². The number of rotatable bonds is 6. The van der Waals surface area contributed by atoms with Gasteiger partial charge in [0, 0.05) is 11.8 Å². The van der Waals surface area contributed by atoms with Crippen molar-refractivity contribution in [3.8, 4) is 5.88 Å². The summed E-state index contributed by atoms with van der Waals surface area (Å²) >= 11 is 0. The number of hydrogen-bond donors (Lipinski definition) is 2. The van der Waals surface area contributed by atoms with E-state index in [1.165, 1.54) is 0 Å². The maximum absolute atomic E-state index is 10.9. The molecule has 100 valence electrons. The molecule has 18 heavy (non-hydrogen) atoms. The maximum Gasteiger partial charge on any atom is 0.326 e. The number of nitrogens with zero attached hydrogens (tertiary/aromatic N) is 2. The summed E-state index contributed by atoms with van der Waals surface area (Å²) in [6, 6.07) is 1.02. The van der Waals surface area contributed by atoms with Gasteiger partial charge in [-0.15, -0.1) is 0 Å². The second kappa shape index (κ2) is 6.18. The van der Waals surface area contributed by atoms with E-state index in [1.54, 1.807) is 13.0 Å². The van der Waals surface area contributed by atoms with E-state index in [0.29, 0.717) is 12.3 Å². The highest BCUT2D eigenvalue weighted by Crippen LogP contribution is 2.14. The number of carboxylic acid groups (broad SMARTS) is 1. The van der Waals surface area contributed by atoms with Gasteiger partial charge in [0.25, 0.3) is 0 Å². The van der Waals surface area contributed by atoms with Gasteiger partial charge in [0.15, 0.2) is 0 Å². The number of aryl methyl sites for hydroxylation is 1. The van der Waals surface area contributed by atoms with Crippen LogP contribution in [0.2, 0.25) is 0 Å². The van der Waals surface area contributed by atoms with E-state index in [2.05, 4.69) is 15.3 Å². The zero-order chi connectivity index (χ0) is 13.7. The fourth-order valence-corrected chi connectivity index (χ4v) is 1.40. The minimum absolute atomic E-state index is 0.00796. The van der Waals surface area contributed by atoms with Crippen molar-refractivity contribution in [2.75, 3.05) is 5.32 Å². The van der Waals surface area contributed by atoms with Crippen LogP contribution in [0.1, 0.15) is 32.9 Å². The van der Waals surface area contributed by atoms with Gasteiger partial charge in [-0.3, -0.25) is 0 Å². The van der Waals surface area contributed by atoms with Gasteiger partial charge in [-0.25, -0.2) is 9.78 Å². The maximum atomic E-state index is 10.9. The van der Waals surface area contributed by atoms with Crippen LogP contribution in [-0.4, -0.2) is 33.2 Å². The summed E-state index contributed by atoms with van der Waals surface area (Å²) in [5.41, 5.74) is 0.725. The van der Waals surface area contributed by atoms with Gasteiger partial charge in [-0.1, -0.05) is 6.92 Å². The highest BCUT2D eigenvalue weighted by Gasteiger charge is 2.16. The van der Waals surface area contributed by atoms with E-state index in [9.17, 15) is 4.79 Å². The molecule has 1 rings (SSSR count). The van der Waals surface area contributed by atoms with Crippen LogP contribution in [0, 0.1) is 6.92 Å². The van der Waals surface area contributed by atoms with E-state index in [-0.39, 0.29) is 12.1 Å². The first-order valence-electron chi connectivity index (χ1n) is 5.94. The number of ether oxygens (including phenoxy) is 1. The lowest BCUT2D eigenvalue weighted by atomic mass is 10.2. The molecule has 0 aliphatic heterocycles. The van der Waals surface area contributed by atoms with Gasteiger partial charge in [0.05, 0.1) is 6.10 Å². The van der Waals surface area contributed by atoms with Crippen LogP contribution in [0.4, 0.5) is 5.95 Å². The van der Waals surface area contributed by atoms with E-state index in [1.807, 2.05) is 20.8 Å². The summed E-state index contributed by atoms with van der Waals surface area (Å²) in [7, 11) is 0. The van der Waals surface area contributed by atoms with Crippen LogP contribution in [0.5, 0.6) is 5.88 Å². The number of hydrogen-bond acceptors (Lipinski definition) is 5. The molecule has 1 aromatic heterocycles. The third-order valence-corrected chi connectivity index (χ3v) is 2.20. The molecule has 2 N–H and O–H groups in total. The Kier molecular flexibility index (Phi) is 4.88. The molecule has 0 aromatic carbocycles. The van der Waals surface area contributed by atoms with Crippen molar-refractivity contribution >= 4 is 11.9 Å². The average molecular weight is 253 g/mol. The Morgan fingerprint density at radius 1 is 1.50 bits per heavy atom. The van der Waals surface area contributed by atoms with E-state index >= 15 is 0 Å². The Morgan fingerprint density at radius 3 is 2.67 bits per heavy atom. The monoisotopic (exact) mass is 253 g/mol. The molecule has 6 nitrogen and oxygen atoms in total. The van der Waals surface area contributed by atoms with Crippen LogP contribution in [0.15, 0.2) is 6.07 Å². The van der Waals surface area contributed by atoms with Gasteiger partial charge in [-0.05, 0) is 27.2 Å². The topological polar surface area (TPSA) is 84.3 Å². The van der Waals surface area contributed by atoms with Crippen LogP contribution < -0.4 is 10.1 Å². The first kappa shape index (κ1) is 14.2. The number of anilines is 1. The molecular weight excluding hydrogens is 234 g/mol. The average Bonchev–Trinajstić information content (AvgIpc) is 2.23. The summed E-state index contributed by atoms with van der Waals surface area (Å²) in [6.07, 6.45) is 0.459. The SMILES string of the molecule is CCC(Nc1nc(C)cc(OC(C)C)n1)C(=O)O. The van der Waals surface area contributed by atoms with Gasteiger partial charge < -0.3 is 15.2 Å². The third kappa shape index (κ3) is 4.20. The summed E-state index contributed by atoms with van der Waals surface area (Å²) < 4.78 is 5.47. The number of carbonyl (C=O) groups is 1. The highest BCUT2D eigenvalue weighted by molar-refractivity contribution is 5.76. The fraction of sp³-hybridized carbons (Fsp3) is 0.583. The minimum atomic E-state index is -0.922. The quantitative estimate of drug-likeness (QED) is 0.804. The number of carboxylic acids is 1. The van der Waals surface area contributed by atoms with Crippen molar-refractivity contribution in [2.45, 2.75) is 46.3 Å². The van der Waals surface area contributed by atoms with Gasteiger partial charge in [0.1, 0.15) is 6.04 Å². The van der Waals surface area contributed by atoms with Crippen LogP contribution in [-0.2, 0) is 4.79 Å². The van der Waals surface area contributed by atoms with Gasteiger partial charge in [-0.2, -0.15) is 4.98 Å². The molecule has 0 saturated carbocycles.